The van der Waals surface area contributed by atoms with Crippen molar-refractivity contribution in [2.24, 2.45) is 0 Å². The molecule has 16 heavy (non-hydrogen) atoms. The lowest BCUT2D eigenvalue weighted by atomic mass is 9.92. The third-order valence-electron chi connectivity index (χ3n) is 3.25. The number of hydrogen-bond acceptors (Lipinski definition) is 4. The lowest BCUT2D eigenvalue weighted by molar-refractivity contribution is -0.0948. The second-order valence-electron chi connectivity index (χ2n) is 4.26. The molecule has 0 saturated carbocycles. The Labute approximate surface area is 98.9 Å². The molecule has 2 unspecified atom stereocenters. The molecule has 2 atom stereocenters. The van der Waals surface area contributed by atoms with E-state index < -0.39 is 21.5 Å². The summed E-state index contributed by atoms with van der Waals surface area (Å²) < 4.78 is 27.8. The highest BCUT2D eigenvalue weighted by atomic mass is 32.2. The van der Waals surface area contributed by atoms with Crippen molar-refractivity contribution in [3.05, 3.63) is 0 Å². The second-order valence-corrected chi connectivity index (χ2v) is 6.74. The number of methoxy groups -OCH3 is 1. The smallest absolute Gasteiger partial charge is 0.150 e. The van der Waals surface area contributed by atoms with E-state index in [0.29, 0.717) is 19.3 Å². The molecule has 0 aliphatic carbocycles. The molecule has 0 heterocycles. The SMILES string of the molecule is CCC(C)(OC)C(O)CCCS(=O)(=O)CC. The monoisotopic (exact) mass is 252 g/mol. The first kappa shape index (κ1) is 15.9. The van der Waals surface area contributed by atoms with Crippen LogP contribution in [0.15, 0.2) is 0 Å². The summed E-state index contributed by atoms with van der Waals surface area (Å²) in [5.41, 5.74) is -0.573. The Bertz CT molecular complexity index is 280. The third-order valence-corrected chi connectivity index (χ3v) is 5.04. The molecule has 0 radical (unpaired) electrons. The van der Waals surface area contributed by atoms with E-state index >= 15 is 0 Å². The average Bonchev–Trinajstić information content (AvgIpc) is 2.27. The maximum absolute atomic E-state index is 11.3. The van der Waals surface area contributed by atoms with Gasteiger partial charge in [-0.3, -0.25) is 0 Å². The van der Waals surface area contributed by atoms with Gasteiger partial charge in [0.05, 0.1) is 17.5 Å². The minimum Gasteiger partial charge on any atom is -0.390 e. The molecular weight excluding hydrogens is 228 g/mol. The second kappa shape index (κ2) is 6.57. The maximum atomic E-state index is 11.3. The van der Waals surface area contributed by atoms with Crippen LogP contribution in [0.25, 0.3) is 0 Å². The van der Waals surface area contributed by atoms with Gasteiger partial charge in [0.15, 0.2) is 0 Å². The van der Waals surface area contributed by atoms with Gasteiger partial charge in [-0.05, 0) is 26.2 Å². The predicted octanol–water partition coefficient (Wildman–Crippen LogP) is 1.38. The number of aliphatic hydroxyl groups is 1. The van der Waals surface area contributed by atoms with Gasteiger partial charge in [-0.15, -0.1) is 0 Å². The first-order valence-corrected chi connectivity index (χ1v) is 7.57. The summed E-state index contributed by atoms with van der Waals surface area (Å²) in [5, 5.41) is 9.92. The molecule has 1 N–H and O–H groups in total. The molecule has 0 saturated heterocycles. The molecular formula is C11H24O4S. The molecule has 0 fully saturated rings. The first-order chi connectivity index (χ1) is 7.31. The van der Waals surface area contributed by atoms with Crippen LogP contribution in [0.5, 0.6) is 0 Å². The van der Waals surface area contributed by atoms with Crippen molar-refractivity contribution in [1.82, 2.24) is 0 Å². The van der Waals surface area contributed by atoms with Gasteiger partial charge in [0.25, 0.3) is 0 Å². The molecule has 0 bridgehead atoms. The van der Waals surface area contributed by atoms with Gasteiger partial charge in [0.1, 0.15) is 9.84 Å². The Morgan fingerprint density at radius 2 is 1.94 bits per heavy atom. The Kier molecular flexibility index (Phi) is 6.51. The minimum absolute atomic E-state index is 0.143. The van der Waals surface area contributed by atoms with Gasteiger partial charge in [0, 0.05) is 12.9 Å². The predicted molar refractivity (Wildman–Crippen MR) is 65.3 cm³/mol. The summed E-state index contributed by atoms with van der Waals surface area (Å²) in [4.78, 5) is 0. The molecule has 0 aromatic carbocycles. The maximum Gasteiger partial charge on any atom is 0.150 e. The van der Waals surface area contributed by atoms with Crippen LogP contribution < -0.4 is 0 Å². The standard InChI is InChI=1S/C11H24O4S/c1-5-11(3,15-4)10(12)8-7-9-16(13,14)6-2/h10,12H,5-9H2,1-4H3. The first-order valence-electron chi connectivity index (χ1n) is 5.75. The van der Waals surface area contributed by atoms with Crippen LogP contribution in [0.2, 0.25) is 0 Å². The summed E-state index contributed by atoms with van der Waals surface area (Å²) in [7, 11) is -1.36. The van der Waals surface area contributed by atoms with E-state index in [1.807, 2.05) is 13.8 Å². The molecule has 0 amide bonds. The van der Waals surface area contributed by atoms with Crippen molar-refractivity contribution in [2.45, 2.75) is 51.7 Å². The molecule has 0 aliphatic rings. The zero-order valence-corrected chi connectivity index (χ0v) is 11.5. The summed E-state index contributed by atoms with van der Waals surface area (Å²) in [5.74, 6) is 0.308. The van der Waals surface area contributed by atoms with Crippen LogP contribution in [0, 0.1) is 0 Å². The largest absolute Gasteiger partial charge is 0.390 e. The van der Waals surface area contributed by atoms with Crippen molar-refractivity contribution in [2.75, 3.05) is 18.6 Å². The van der Waals surface area contributed by atoms with E-state index in [-0.39, 0.29) is 11.5 Å². The summed E-state index contributed by atoms with van der Waals surface area (Å²) in [6.45, 7) is 5.42. The number of rotatable bonds is 8. The van der Waals surface area contributed by atoms with Crippen molar-refractivity contribution in [1.29, 1.82) is 0 Å². The highest BCUT2D eigenvalue weighted by Gasteiger charge is 2.30. The topological polar surface area (TPSA) is 63.6 Å². The highest BCUT2D eigenvalue weighted by molar-refractivity contribution is 7.91. The van der Waals surface area contributed by atoms with Gasteiger partial charge in [-0.25, -0.2) is 8.42 Å². The normalized spacial score (nSPS) is 18.1. The van der Waals surface area contributed by atoms with Crippen molar-refractivity contribution in [3.8, 4) is 0 Å². The van der Waals surface area contributed by atoms with Crippen LogP contribution in [0.3, 0.4) is 0 Å². The molecule has 0 aliphatic heterocycles. The summed E-state index contributed by atoms with van der Waals surface area (Å²) >= 11 is 0. The fraction of sp³-hybridized carbons (Fsp3) is 1.00. The fourth-order valence-electron chi connectivity index (χ4n) is 1.46. The van der Waals surface area contributed by atoms with Gasteiger partial charge in [-0.2, -0.15) is 0 Å². The van der Waals surface area contributed by atoms with E-state index in [1.165, 1.54) is 0 Å². The average molecular weight is 252 g/mol. The zero-order chi connectivity index (χ0) is 12.8. The van der Waals surface area contributed by atoms with Crippen LogP contribution >= 0.6 is 0 Å². The molecule has 98 valence electrons. The number of aliphatic hydroxyl groups excluding tert-OH is 1. The van der Waals surface area contributed by atoms with Crippen LogP contribution in [-0.2, 0) is 14.6 Å². The molecule has 5 heteroatoms. The molecule has 0 rings (SSSR count). The number of sulfone groups is 1. The zero-order valence-electron chi connectivity index (χ0n) is 10.7. The lowest BCUT2D eigenvalue weighted by Crippen LogP contribution is -2.40. The van der Waals surface area contributed by atoms with Gasteiger partial charge in [0.2, 0.25) is 0 Å². The number of ether oxygens (including phenoxy) is 1. The Balaban J connectivity index is 4.13. The fourth-order valence-corrected chi connectivity index (χ4v) is 2.36. The Morgan fingerprint density at radius 1 is 1.38 bits per heavy atom. The molecule has 0 aromatic rings. The van der Waals surface area contributed by atoms with Gasteiger partial charge >= 0.3 is 0 Å². The van der Waals surface area contributed by atoms with E-state index in [2.05, 4.69) is 0 Å². The molecule has 4 nitrogen and oxygen atoms in total. The summed E-state index contributed by atoms with van der Waals surface area (Å²) in [6, 6.07) is 0. The molecule has 0 aromatic heterocycles. The van der Waals surface area contributed by atoms with Crippen molar-refractivity contribution < 1.29 is 18.3 Å². The minimum atomic E-state index is -2.93. The Hall–Kier alpha value is -0.130. The van der Waals surface area contributed by atoms with Crippen LogP contribution in [0.1, 0.15) is 40.0 Å². The number of hydrogen-bond donors (Lipinski definition) is 1. The lowest BCUT2D eigenvalue weighted by Gasteiger charge is -2.32. The quantitative estimate of drug-likeness (QED) is 0.709. The third kappa shape index (κ3) is 4.80. The van der Waals surface area contributed by atoms with E-state index in [1.54, 1.807) is 14.0 Å². The van der Waals surface area contributed by atoms with E-state index in [9.17, 15) is 13.5 Å². The Morgan fingerprint density at radius 3 is 2.31 bits per heavy atom. The molecule has 0 spiro atoms. The van der Waals surface area contributed by atoms with Crippen LogP contribution in [0.4, 0.5) is 0 Å². The van der Waals surface area contributed by atoms with Crippen LogP contribution in [-0.4, -0.2) is 43.8 Å². The van der Waals surface area contributed by atoms with E-state index in [0.717, 1.165) is 0 Å². The summed E-state index contributed by atoms with van der Waals surface area (Å²) in [6.07, 6.45) is 1.02. The highest BCUT2D eigenvalue weighted by Crippen LogP contribution is 2.22. The van der Waals surface area contributed by atoms with Crippen molar-refractivity contribution >= 4 is 9.84 Å². The van der Waals surface area contributed by atoms with Crippen molar-refractivity contribution in [3.63, 3.8) is 0 Å². The van der Waals surface area contributed by atoms with Gasteiger partial charge < -0.3 is 9.84 Å². The van der Waals surface area contributed by atoms with E-state index in [4.69, 9.17) is 4.74 Å². The van der Waals surface area contributed by atoms with Gasteiger partial charge in [-0.1, -0.05) is 13.8 Å².